The average Bonchev–Trinajstić information content (AvgIpc) is 3.07. The summed E-state index contributed by atoms with van der Waals surface area (Å²) in [4.78, 5) is 82.5. The van der Waals surface area contributed by atoms with E-state index in [9.17, 15) is 33.9 Å². The molecule has 1 aliphatic rings. The fourth-order valence-electron chi connectivity index (χ4n) is 5.75. The van der Waals surface area contributed by atoms with E-state index < -0.39 is 66.1 Å². The predicted octanol–water partition coefficient (Wildman–Crippen LogP) is 2.71. The molecule has 2 aromatic carbocycles. The van der Waals surface area contributed by atoms with Crippen LogP contribution in [0.5, 0.6) is 5.75 Å². The minimum absolute atomic E-state index is 0.0537. The lowest BCUT2D eigenvalue weighted by atomic mass is 9.96. The van der Waals surface area contributed by atoms with Crippen molar-refractivity contribution in [1.82, 2.24) is 25.8 Å². The number of ether oxygens (including phenoxy) is 2. The van der Waals surface area contributed by atoms with Crippen molar-refractivity contribution in [2.45, 2.75) is 97.5 Å². The second-order valence-corrected chi connectivity index (χ2v) is 14.2. The van der Waals surface area contributed by atoms with Crippen molar-refractivity contribution in [3.8, 4) is 5.75 Å². The standard InChI is InChI=1S/C38H53N5O9/c1-8-51-36(49)29(21-27-14-16-28(44)17-15-27)41-33(46)25(4)40-32(45)23-39-34(47)30(22-26-12-10-9-11-13-26)42-18-19-43(37(50)52-38(5,6)7)31(35(42)48)20-24(2)3/h9-17,24-25,29-31,44H,8,18-23H2,1-7H3,(H,39,47)(H,40,45)(H,41,46)/t25-,29+,30-,31+/m1/s1. The van der Waals surface area contributed by atoms with Crippen LogP contribution >= 0.6 is 0 Å². The topological polar surface area (TPSA) is 184 Å². The van der Waals surface area contributed by atoms with Gasteiger partial charge in [0.25, 0.3) is 0 Å². The number of hydrogen-bond acceptors (Lipinski definition) is 9. The summed E-state index contributed by atoms with van der Waals surface area (Å²) in [5, 5.41) is 17.3. The molecule has 0 aromatic heterocycles. The molecule has 0 bridgehead atoms. The number of aromatic hydroxyl groups is 1. The quantitative estimate of drug-likeness (QED) is 0.201. The van der Waals surface area contributed by atoms with Crippen molar-refractivity contribution in [3.63, 3.8) is 0 Å². The van der Waals surface area contributed by atoms with Crippen LogP contribution in [0.4, 0.5) is 4.79 Å². The Morgan fingerprint density at radius 2 is 1.52 bits per heavy atom. The fraction of sp³-hybridized carbons (Fsp3) is 0.526. The van der Waals surface area contributed by atoms with E-state index in [4.69, 9.17) is 9.47 Å². The molecule has 0 radical (unpaired) electrons. The first-order chi connectivity index (χ1) is 24.5. The van der Waals surface area contributed by atoms with Gasteiger partial charge in [-0.3, -0.25) is 24.1 Å². The van der Waals surface area contributed by atoms with Crippen LogP contribution in [0.15, 0.2) is 54.6 Å². The predicted molar refractivity (Wildman–Crippen MR) is 193 cm³/mol. The normalized spacial score (nSPS) is 16.4. The second kappa shape index (κ2) is 18.9. The van der Waals surface area contributed by atoms with Crippen LogP contribution in [-0.4, -0.2) is 107 Å². The SMILES string of the molecule is CCOC(=O)[C@H](Cc1ccc(O)cc1)NC(=O)[C@@H](C)NC(=O)CNC(=O)[C@@H](Cc1ccccc1)N1CCN(C(=O)OC(C)(C)C)[C@@H](CC(C)C)C1=O. The molecule has 52 heavy (non-hydrogen) atoms. The molecule has 0 spiro atoms. The van der Waals surface area contributed by atoms with E-state index in [-0.39, 0.29) is 50.1 Å². The Morgan fingerprint density at radius 1 is 0.885 bits per heavy atom. The molecule has 1 heterocycles. The number of phenolic OH excluding ortho intramolecular Hbond substituents is 1. The molecule has 0 aliphatic carbocycles. The van der Waals surface area contributed by atoms with Gasteiger partial charge in [-0.15, -0.1) is 0 Å². The zero-order chi connectivity index (χ0) is 38.6. The van der Waals surface area contributed by atoms with Crippen LogP contribution in [0, 0.1) is 5.92 Å². The Balaban J connectivity index is 1.70. The van der Waals surface area contributed by atoms with Gasteiger partial charge in [0.2, 0.25) is 23.6 Å². The lowest BCUT2D eigenvalue weighted by molar-refractivity contribution is -0.149. The summed E-state index contributed by atoms with van der Waals surface area (Å²) in [6.07, 6.45) is 0.0186. The van der Waals surface area contributed by atoms with Crippen LogP contribution in [0.1, 0.15) is 66.0 Å². The number of piperazine rings is 1. The third-order valence-corrected chi connectivity index (χ3v) is 8.26. The monoisotopic (exact) mass is 723 g/mol. The highest BCUT2D eigenvalue weighted by Crippen LogP contribution is 2.24. The number of rotatable bonds is 15. The summed E-state index contributed by atoms with van der Waals surface area (Å²) in [5.41, 5.74) is 0.703. The van der Waals surface area contributed by atoms with Crippen LogP contribution in [-0.2, 0) is 46.3 Å². The summed E-state index contributed by atoms with van der Waals surface area (Å²) in [7, 11) is 0. The Bertz CT molecular complexity index is 1540. The van der Waals surface area contributed by atoms with E-state index in [0.29, 0.717) is 12.0 Å². The van der Waals surface area contributed by atoms with Crippen molar-refractivity contribution in [3.05, 3.63) is 65.7 Å². The number of nitrogens with one attached hydrogen (secondary N) is 3. The summed E-state index contributed by atoms with van der Waals surface area (Å²) >= 11 is 0. The maximum absolute atomic E-state index is 14.1. The third-order valence-electron chi connectivity index (χ3n) is 8.26. The lowest BCUT2D eigenvalue weighted by Crippen LogP contribution is -2.64. The smallest absolute Gasteiger partial charge is 0.411 e. The zero-order valence-electron chi connectivity index (χ0n) is 31.1. The van der Waals surface area contributed by atoms with Crippen LogP contribution in [0.25, 0.3) is 0 Å². The van der Waals surface area contributed by atoms with E-state index >= 15 is 0 Å². The van der Waals surface area contributed by atoms with Crippen molar-refractivity contribution in [1.29, 1.82) is 0 Å². The first-order valence-corrected chi connectivity index (χ1v) is 17.6. The zero-order valence-corrected chi connectivity index (χ0v) is 31.1. The lowest BCUT2D eigenvalue weighted by Gasteiger charge is -2.44. The molecule has 1 saturated heterocycles. The average molecular weight is 724 g/mol. The largest absolute Gasteiger partial charge is 0.508 e. The Kier molecular flexibility index (Phi) is 15.0. The van der Waals surface area contributed by atoms with E-state index in [2.05, 4.69) is 16.0 Å². The molecular weight excluding hydrogens is 670 g/mol. The third kappa shape index (κ3) is 12.6. The summed E-state index contributed by atoms with van der Waals surface area (Å²) in [6, 6.07) is 11.4. The molecule has 14 heteroatoms. The summed E-state index contributed by atoms with van der Waals surface area (Å²) in [6.45, 7) is 12.1. The van der Waals surface area contributed by atoms with Gasteiger partial charge >= 0.3 is 12.1 Å². The number of carbonyl (C=O) groups is 6. The minimum Gasteiger partial charge on any atom is -0.508 e. The first-order valence-electron chi connectivity index (χ1n) is 17.6. The fourth-order valence-corrected chi connectivity index (χ4v) is 5.75. The van der Waals surface area contributed by atoms with Crippen molar-refractivity contribution in [2.75, 3.05) is 26.2 Å². The van der Waals surface area contributed by atoms with Crippen molar-refractivity contribution >= 4 is 35.7 Å². The van der Waals surface area contributed by atoms with Gasteiger partial charge in [0.05, 0.1) is 13.2 Å². The number of hydrogen-bond donors (Lipinski definition) is 4. The van der Waals surface area contributed by atoms with Crippen molar-refractivity contribution < 1.29 is 43.3 Å². The van der Waals surface area contributed by atoms with Gasteiger partial charge in [-0.2, -0.15) is 0 Å². The first kappa shape index (κ1) is 41.3. The molecular formula is C38H53N5O9. The molecule has 14 nitrogen and oxygen atoms in total. The summed E-state index contributed by atoms with van der Waals surface area (Å²) < 4.78 is 10.7. The van der Waals surface area contributed by atoms with Gasteiger partial charge in [0.15, 0.2) is 0 Å². The molecule has 5 amide bonds. The molecule has 0 saturated carbocycles. The van der Waals surface area contributed by atoms with Crippen molar-refractivity contribution in [2.24, 2.45) is 5.92 Å². The van der Waals surface area contributed by atoms with E-state index in [1.165, 1.54) is 28.9 Å². The van der Waals surface area contributed by atoms with Gasteiger partial charge in [-0.1, -0.05) is 56.3 Å². The Labute approximate surface area is 305 Å². The highest BCUT2D eigenvalue weighted by Gasteiger charge is 2.43. The molecule has 4 N–H and O–H groups in total. The van der Waals surface area contributed by atoms with Gasteiger partial charge in [0.1, 0.15) is 35.5 Å². The van der Waals surface area contributed by atoms with E-state index in [1.54, 1.807) is 39.8 Å². The minimum atomic E-state index is -1.08. The van der Waals surface area contributed by atoms with Gasteiger partial charge in [0, 0.05) is 25.9 Å². The number of nitrogens with zero attached hydrogens (tertiary/aromatic N) is 2. The highest BCUT2D eigenvalue weighted by molar-refractivity contribution is 5.95. The number of amides is 5. The second-order valence-electron chi connectivity index (χ2n) is 14.2. The number of benzene rings is 2. The maximum atomic E-state index is 14.1. The number of phenols is 1. The maximum Gasteiger partial charge on any atom is 0.411 e. The Hall–Kier alpha value is -5.14. The van der Waals surface area contributed by atoms with Crippen LogP contribution in [0.3, 0.4) is 0 Å². The van der Waals surface area contributed by atoms with Gasteiger partial charge in [-0.25, -0.2) is 9.59 Å². The Morgan fingerprint density at radius 3 is 2.12 bits per heavy atom. The van der Waals surface area contributed by atoms with Gasteiger partial charge in [-0.05, 0) is 70.2 Å². The number of carbonyl (C=O) groups excluding carboxylic acids is 6. The van der Waals surface area contributed by atoms with Gasteiger partial charge < -0.3 is 35.4 Å². The van der Waals surface area contributed by atoms with Crippen LogP contribution in [0.2, 0.25) is 0 Å². The van der Waals surface area contributed by atoms with Crippen LogP contribution < -0.4 is 16.0 Å². The molecule has 284 valence electrons. The molecule has 1 aliphatic heterocycles. The number of esters is 1. The molecule has 3 rings (SSSR count). The highest BCUT2D eigenvalue weighted by atomic mass is 16.6. The van der Waals surface area contributed by atoms with E-state index in [0.717, 1.165) is 5.56 Å². The molecule has 4 atom stereocenters. The van der Waals surface area contributed by atoms with E-state index in [1.807, 2.05) is 44.2 Å². The summed E-state index contributed by atoms with van der Waals surface area (Å²) in [5.74, 6) is -2.82. The molecule has 0 unspecified atom stereocenters. The molecule has 1 fully saturated rings. The molecule has 2 aromatic rings.